The normalized spacial score (nSPS) is 20.1. The van der Waals surface area contributed by atoms with E-state index >= 15 is 0 Å². The summed E-state index contributed by atoms with van der Waals surface area (Å²) in [6.45, 7) is 4.68. The standard InChI is InChI=1S/C28H29ClN6O2/c1-15-6-5-9-19-16(2)21(35(28(37)23(15)19)18-7-3-4-8-18)13-34-27-24(26(30)31-14-32-27)25(33-34)17-10-11-20(29)22(36)12-17/h5-6,9-12,14,16,18,21,36H,3-4,7-8,13H2,1-2H3,(H2,30,31,32). The van der Waals surface area contributed by atoms with E-state index in [0.717, 1.165) is 42.4 Å². The van der Waals surface area contributed by atoms with Crippen LogP contribution in [-0.2, 0) is 6.54 Å². The predicted molar refractivity (Wildman–Crippen MR) is 144 cm³/mol. The number of aromatic nitrogens is 4. The van der Waals surface area contributed by atoms with Gasteiger partial charge in [-0.05, 0) is 43.0 Å². The zero-order chi connectivity index (χ0) is 25.8. The molecule has 9 heteroatoms. The molecule has 0 bridgehead atoms. The van der Waals surface area contributed by atoms with Crippen molar-refractivity contribution < 1.29 is 9.90 Å². The number of benzene rings is 2. The van der Waals surface area contributed by atoms with E-state index in [-0.39, 0.29) is 34.7 Å². The summed E-state index contributed by atoms with van der Waals surface area (Å²) >= 11 is 6.05. The van der Waals surface area contributed by atoms with Gasteiger partial charge in [0.15, 0.2) is 5.65 Å². The van der Waals surface area contributed by atoms with Crippen LogP contribution in [0, 0.1) is 6.92 Å². The highest BCUT2D eigenvalue weighted by Crippen LogP contribution is 2.41. The van der Waals surface area contributed by atoms with Crippen molar-refractivity contribution in [2.45, 2.75) is 64.1 Å². The number of hydrogen-bond donors (Lipinski definition) is 2. The van der Waals surface area contributed by atoms with Crippen molar-refractivity contribution >= 4 is 34.4 Å². The molecule has 3 N–H and O–H groups in total. The lowest BCUT2D eigenvalue weighted by molar-refractivity contribution is 0.0465. The Balaban J connectivity index is 1.49. The molecule has 6 rings (SSSR count). The van der Waals surface area contributed by atoms with E-state index in [9.17, 15) is 9.90 Å². The van der Waals surface area contributed by atoms with Crippen molar-refractivity contribution in [1.82, 2.24) is 24.6 Å². The highest BCUT2D eigenvalue weighted by atomic mass is 35.5. The number of carbonyl (C=O) groups is 1. The number of halogens is 1. The SMILES string of the molecule is Cc1cccc2c1C(=O)N(C1CCCC1)C(Cn1nc(-c3ccc(Cl)c(O)c3)c3c(N)ncnc31)C2C. The number of nitrogens with two attached hydrogens (primary N) is 1. The van der Waals surface area contributed by atoms with Crippen LogP contribution >= 0.6 is 11.6 Å². The van der Waals surface area contributed by atoms with Gasteiger partial charge in [-0.3, -0.25) is 4.79 Å². The molecular formula is C28H29ClN6O2. The molecule has 8 nitrogen and oxygen atoms in total. The summed E-state index contributed by atoms with van der Waals surface area (Å²) in [7, 11) is 0. The van der Waals surface area contributed by atoms with Gasteiger partial charge in [-0.2, -0.15) is 5.10 Å². The molecule has 2 aliphatic rings. The Morgan fingerprint density at radius 2 is 1.95 bits per heavy atom. The van der Waals surface area contributed by atoms with Crippen molar-refractivity contribution in [3.8, 4) is 17.0 Å². The van der Waals surface area contributed by atoms with Gasteiger partial charge in [-0.25, -0.2) is 14.6 Å². The number of nitrogen functional groups attached to an aromatic ring is 1. The van der Waals surface area contributed by atoms with Crippen LogP contribution < -0.4 is 5.73 Å². The largest absolute Gasteiger partial charge is 0.506 e. The first-order valence-electron chi connectivity index (χ1n) is 12.7. The second kappa shape index (κ2) is 9.03. The quantitative estimate of drug-likeness (QED) is 0.380. The molecule has 2 aromatic heterocycles. The van der Waals surface area contributed by atoms with Crippen LogP contribution in [0.15, 0.2) is 42.7 Å². The number of aryl methyl sites for hydroxylation is 1. The van der Waals surface area contributed by atoms with Gasteiger partial charge in [0.2, 0.25) is 0 Å². The number of nitrogens with zero attached hydrogens (tertiary/aromatic N) is 5. The fraction of sp³-hybridized carbons (Fsp3) is 0.357. The summed E-state index contributed by atoms with van der Waals surface area (Å²) in [5.41, 5.74) is 11.1. The maximum absolute atomic E-state index is 14.0. The second-order valence-electron chi connectivity index (χ2n) is 10.2. The van der Waals surface area contributed by atoms with E-state index in [1.807, 2.05) is 23.7 Å². The van der Waals surface area contributed by atoms with Crippen molar-refractivity contribution in [2.24, 2.45) is 0 Å². The predicted octanol–water partition coefficient (Wildman–Crippen LogP) is 5.31. The molecule has 37 heavy (non-hydrogen) atoms. The first-order chi connectivity index (χ1) is 17.8. The molecule has 190 valence electrons. The van der Waals surface area contributed by atoms with Gasteiger partial charge < -0.3 is 15.7 Å². The average Bonchev–Trinajstić information content (AvgIpc) is 3.53. The van der Waals surface area contributed by atoms with E-state index in [1.165, 1.54) is 6.33 Å². The fourth-order valence-corrected chi connectivity index (χ4v) is 6.27. The third kappa shape index (κ3) is 3.82. The minimum Gasteiger partial charge on any atom is -0.506 e. The Bertz CT molecular complexity index is 1530. The third-order valence-corrected chi connectivity index (χ3v) is 8.35. The maximum Gasteiger partial charge on any atom is 0.254 e. The summed E-state index contributed by atoms with van der Waals surface area (Å²) in [4.78, 5) is 24.9. The molecule has 3 heterocycles. The van der Waals surface area contributed by atoms with Gasteiger partial charge in [0.05, 0.1) is 23.0 Å². The van der Waals surface area contributed by atoms with Crippen LogP contribution in [0.2, 0.25) is 5.02 Å². The van der Waals surface area contributed by atoms with Crippen molar-refractivity contribution in [3.63, 3.8) is 0 Å². The highest BCUT2D eigenvalue weighted by Gasteiger charge is 2.43. The number of rotatable bonds is 4. The first kappa shape index (κ1) is 23.7. The van der Waals surface area contributed by atoms with Crippen LogP contribution in [0.1, 0.15) is 60.0 Å². The van der Waals surface area contributed by atoms with Crippen LogP contribution in [-0.4, -0.2) is 47.7 Å². The molecule has 4 aromatic rings. The Morgan fingerprint density at radius 1 is 1.16 bits per heavy atom. The number of fused-ring (bicyclic) bond motifs is 2. The number of phenolic OH excluding ortho intramolecular Hbond substituents is 1. The zero-order valence-electron chi connectivity index (χ0n) is 20.9. The maximum atomic E-state index is 14.0. The van der Waals surface area contributed by atoms with Gasteiger partial charge in [-0.1, -0.05) is 55.6 Å². The Morgan fingerprint density at radius 3 is 2.70 bits per heavy atom. The van der Waals surface area contributed by atoms with E-state index in [1.54, 1.807) is 18.2 Å². The molecular weight excluding hydrogens is 488 g/mol. The summed E-state index contributed by atoms with van der Waals surface area (Å²) in [6, 6.07) is 11.2. The number of phenols is 1. The van der Waals surface area contributed by atoms with Crippen LogP contribution in [0.3, 0.4) is 0 Å². The molecule has 1 aliphatic heterocycles. The summed E-state index contributed by atoms with van der Waals surface area (Å²) in [5.74, 6) is 0.483. The average molecular weight is 517 g/mol. The van der Waals surface area contributed by atoms with Crippen molar-refractivity contribution in [1.29, 1.82) is 0 Å². The third-order valence-electron chi connectivity index (χ3n) is 8.03. The van der Waals surface area contributed by atoms with E-state index in [0.29, 0.717) is 34.7 Å². The van der Waals surface area contributed by atoms with Crippen molar-refractivity contribution in [2.75, 3.05) is 5.73 Å². The molecule has 1 saturated carbocycles. The van der Waals surface area contributed by atoms with Gasteiger partial charge in [0, 0.05) is 23.1 Å². The molecule has 2 unspecified atom stereocenters. The minimum atomic E-state index is -0.101. The highest BCUT2D eigenvalue weighted by molar-refractivity contribution is 6.32. The molecule has 0 saturated heterocycles. The van der Waals surface area contributed by atoms with Crippen molar-refractivity contribution in [3.05, 3.63) is 64.4 Å². The topological polar surface area (TPSA) is 110 Å². The molecule has 1 aliphatic carbocycles. The summed E-state index contributed by atoms with van der Waals surface area (Å²) in [6.07, 6.45) is 5.73. The molecule has 0 spiro atoms. The molecule has 2 aromatic carbocycles. The van der Waals surface area contributed by atoms with E-state index in [4.69, 9.17) is 22.4 Å². The number of carbonyl (C=O) groups excluding carboxylic acids is 1. The monoisotopic (exact) mass is 516 g/mol. The smallest absolute Gasteiger partial charge is 0.254 e. The molecule has 1 amide bonds. The fourth-order valence-electron chi connectivity index (χ4n) is 6.15. The summed E-state index contributed by atoms with van der Waals surface area (Å²) in [5, 5.41) is 16.0. The van der Waals surface area contributed by atoms with E-state index < -0.39 is 0 Å². The van der Waals surface area contributed by atoms with Gasteiger partial charge >= 0.3 is 0 Å². The summed E-state index contributed by atoms with van der Waals surface area (Å²) < 4.78 is 1.84. The van der Waals surface area contributed by atoms with Crippen LogP contribution in [0.4, 0.5) is 5.82 Å². The number of anilines is 1. The Labute approximate surface area is 220 Å². The lowest BCUT2D eigenvalue weighted by Gasteiger charge is -2.44. The molecule has 0 radical (unpaired) electrons. The number of aromatic hydroxyl groups is 1. The van der Waals surface area contributed by atoms with Crippen LogP contribution in [0.5, 0.6) is 5.75 Å². The minimum absolute atomic E-state index is 0.0387. The Hall–Kier alpha value is -3.65. The lowest BCUT2D eigenvalue weighted by Crippen LogP contribution is -2.53. The van der Waals surface area contributed by atoms with Gasteiger partial charge in [-0.15, -0.1) is 0 Å². The number of amides is 1. The molecule has 2 atom stereocenters. The van der Waals surface area contributed by atoms with Gasteiger partial charge in [0.1, 0.15) is 23.6 Å². The first-order valence-corrected chi connectivity index (χ1v) is 13.1. The molecule has 1 fully saturated rings. The second-order valence-corrected chi connectivity index (χ2v) is 10.6. The van der Waals surface area contributed by atoms with Crippen LogP contribution in [0.25, 0.3) is 22.3 Å². The lowest BCUT2D eigenvalue weighted by atomic mass is 9.81. The number of hydrogen-bond acceptors (Lipinski definition) is 6. The zero-order valence-corrected chi connectivity index (χ0v) is 21.6. The van der Waals surface area contributed by atoms with E-state index in [2.05, 4.69) is 27.9 Å². The Kier molecular flexibility index (Phi) is 5.79. The van der Waals surface area contributed by atoms with Gasteiger partial charge in [0.25, 0.3) is 5.91 Å².